The highest BCUT2D eigenvalue weighted by molar-refractivity contribution is 7.38. The van der Waals surface area contributed by atoms with Crippen LogP contribution in [0.2, 0.25) is 0 Å². The van der Waals surface area contributed by atoms with E-state index in [1.165, 1.54) is 0 Å². The van der Waals surface area contributed by atoms with Crippen LogP contribution in [0.15, 0.2) is 0 Å². The molecule has 0 bridgehead atoms. The van der Waals surface area contributed by atoms with Crippen LogP contribution in [0.5, 0.6) is 0 Å². The van der Waals surface area contributed by atoms with Gasteiger partial charge in [-0.1, -0.05) is 0 Å². The fourth-order valence-corrected chi connectivity index (χ4v) is 0. The molecule has 0 saturated carbocycles. The normalized spacial score (nSPS) is 14.2. The molecule has 0 atom stereocenters. The molecule has 1 nitrogen and oxygen atoms in total. The summed E-state index contributed by atoms with van der Waals surface area (Å²) < 4.78 is 12.4. The fourth-order valence-electron chi connectivity index (χ4n) is 0. The van der Waals surface area contributed by atoms with Gasteiger partial charge in [-0.2, -0.15) is 0 Å². The topological polar surface area (TPSA) is 0 Å². The van der Waals surface area contributed by atoms with E-state index in [9.17, 15) is 4.32 Å². The Labute approximate surface area is 58.8 Å². The zero-order chi connectivity index (χ0) is 7.00. The van der Waals surface area contributed by atoms with E-state index < -0.39 is 5.39 Å². The molecule has 0 aromatic rings. The van der Waals surface area contributed by atoms with Crippen molar-refractivity contribution < 1.29 is 8.71 Å². The van der Waals surface area contributed by atoms with Gasteiger partial charge in [0.2, 0.25) is 0 Å². The lowest BCUT2D eigenvalue weighted by Gasteiger charge is -2.38. The molecule has 0 fully saturated rings. The van der Waals surface area contributed by atoms with Gasteiger partial charge in [0.05, 0.1) is 0 Å². The Bertz CT molecular complexity index is 72.3. The zero-order valence-corrected chi connectivity index (χ0v) is 6.67. The van der Waals surface area contributed by atoms with Gasteiger partial charge in [0.25, 0.3) is 0 Å². The predicted molar refractivity (Wildman–Crippen MR) is 36.6 cm³/mol. The van der Waals surface area contributed by atoms with Gasteiger partial charge in [-0.25, -0.2) is 0 Å². The molecule has 0 unspecified atom stereocenters. The summed E-state index contributed by atoms with van der Waals surface area (Å²) in [6.45, 7) is 0. The minimum atomic E-state index is -2.76. The zero-order valence-electron chi connectivity index (χ0n) is 5.16. The lowest BCUT2D eigenvalue weighted by Crippen LogP contribution is -2.50. The highest BCUT2D eigenvalue weighted by Crippen LogP contribution is 2.23. The highest BCUT2D eigenvalue weighted by Gasteiger charge is 2.34. The van der Waals surface area contributed by atoms with Crippen LogP contribution in [0.3, 0.4) is 0 Å². The molecule has 0 aliphatic carbocycles. The lowest BCUT2D eigenvalue weighted by atomic mass is 10.2. The second-order valence-electron chi connectivity index (χ2n) is 2.66. The maximum absolute atomic E-state index is 12.5. The van der Waals surface area contributed by atoms with Crippen LogP contribution < -0.4 is 0 Å². The number of halogens is 3. The van der Waals surface area contributed by atoms with Gasteiger partial charge >= 0.3 is 5.39 Å². The van der Waals surface area contributed by atoms with Gasteiger partial charge < -0.3 is 8.71 Å². The smallest absolute Gasteiger partial charge is 0.466 e. The lowest BCUT2D eigenvalue weighted by molar-refractivity contribution is -0.767. The number of hydrogen-bond donors (Lipinski definition) is 0. The van der Waals surface area contributed by atoms with Gasteiger partial charge in [-0.3, -0.25) is 22.9 Å². The van der Waals surface area contributed by atoms with Crippen LogP contribution in [0.4, 0.5) is 4.32 Å². The van der Waals surface area contributed by atoms with Crippen LogP contribution in [-0.4, -0.2) is 30.9 Å². The van der Waals surface area contributed by atoms with Crippen molar-refractivity contribution in [2.75, 3.05) is 21.1 Å². The summed E-state index contributed by atoms with van der Waals surface area (Å²) >= 11 is 10.3. The monoisotopic (exact) mass is 159 g/mol. The highest BCUT2D eigenvalue weighted by atomic mass is 35.5. The quantitative estimate of drug-likeness (QED) is 0.510. The predicted octanol–water partition coefficient (Wildman–Crippen LogP) is 1.58. The van der Waals surface area contributed by atoms with E-state index in [0.717, 1.165) is 0 Å². The molecule has 0 spiro atoms. The van der Waals surface area contributed by atoms with Gasteiger partial charge in [0.1, 0.15) is 0 Å². The summed E-state index contributed by atoms with van der Waals surface area (Å²) in [7, 11) is 4.79. The molecule has 0 aliphatic heterocycles. The first-order chi connectivity index (χ1) is 3.25. The summed E-state index contributed by atoms with van der Waals surface area (Å²) in [6, 6.07) is 0. The standard InChI is InChI=1S/C3H9BCl2FN/c1-8(2,3)4(5,6)7/h1-3H3. The first-order valence-electron chi connectivity index (χ1n) is 2.25. The van der Waals surface area contributed by atoms with Crippen molar-refractivity contribution >= 4 is 28.3 Å². The van der Waals surface area contributed by atoms with Gasteiger partial charge in [0.15, 0.2) is 0 Å². The molecule has 50 valence electrons. The number of quaternary nitrogens is 1. The third-order valence-corrected chi connectivity index (χ3v) is 2.05. The molecule has 0 radical (unpaired) electrons. The second-order valence-corrected chi connectivity index (χ2v) is 4.04. The van der Waals surface area contributed by atoms with E-state index >= 15 is 0 Å². The number of hydrogen-bond acceptors (Lipinski definition) is 0. The molecular weight excluding hydrogens is 151 g/mol. The summed E-state index contributed by atoms with van der Waals surface area (Å²) in [5.74, 6) is 0. The van der Waals surface area contributed by atoms with Crippen LogP contribution in [0.25, 0.3) is 0 Å². The van der Waals surface area contributed by atoms with Crippen LogP contribution in [0.1, 0.15) is 0 Å². The molecule has 0 rings (SSSR count). The molecule has 0 aliphatic rings. The first-order valence-corrected chi connectivity index (χ1v) is 3.13. The van der Waals surface area contributed by atoms with Crippen molar-refractivity contribution in [2.45, 2.75) is 0 Å². The van der Waals surface area contributed by atoms with Crippen molar-refractivity contribution in [2.24, 2.45) is 0 Å². The van der Waals surface area contributed by atoms with Crippen LogP contribution in [0, 0.1) is 0 Å². The Hall–Kier alpha value is 0.535. The fraction of sp³-hybridized carbons (Fsp3) is 1.00. The van der Waals surface area contributed by atoms with Crippen molar-refractivity contribution in [3.8, 4) is 0 Å². The van der Waals surface area contributed by atoms with E-state index in [1.54, 1.807) is 21.1 Å². The maximum atomic E-state index is 12.5. The maximum Gasteiger partial charge on any atom is 0.544 e. The minimum Gasteiger partial charge on any atom is -0.466 e. The number of rotatable bonds is 1. The third-order valence-electron chi connectivity index (χ3n) is 0.878. The van der Waals surface area contributed by atoms with E-state index in [1.807, 2.05) is 0 Å². The molecular formula is C3H9BCl2FN. The molecule has 0 saturated heterocycles. The molecule has 0 N–H and O–H groups in total. The summed E-state index contributed by atoms with van der Waals surface area (Å²) in [5.41, 5.74) is 0. The Morgan fingerprint density at radius 3 is 1.38 bits per heavy atom. The molecule has 0 heterocycles. The molecule has 0 aromatic carbocycles. The summed E-state index contributed by atoms with van der Waals surface area (Å²) in [6.07, 6.45) is 0. The Morgan fingerprint density at radius 2 is 1.38 bits per heavy atom. The van der Waals surface area contributed by atoms with Crippen LogP contribution >= 0.6 is 22.9 Å². The van der Waals surface area contributed by atoms with Crippen molar-refractivity contribution in [1.29, 1.82) is 0 Å². The van der Waals surface area contributed by atoms with Crippen molar-refractivity contribution in [1.82, 2.24) is 0 Å². The van der Waals surface area contributed by atoms with Gasteiger partial charge in [0, 0.05) is 21.1 Å². The molecule has 5 heteroatoms. The van der Waals surface area contributed by atoms with E-state index in [4.69, 9.17) is 22.9 Å². The average molecular weight is 160 g/mol. The van der Waals surface area contributed by atoms with Crippen LogP contribution in [-0.2, 0) is 0 Å². The Kier molecular flexibility index (Phi) is 2.18. The second kappa shape index (κ2) is 2.05. The third kappa shape index (κ3) is 2.20. The largest absolute Gasteiger partial charge is 0.544 e. The molecule has 0 aromatic heterocycles. The first kappa shape index (κ1) is 8.53. The number of nitrogens with zero attached hydrogens (tertiary/aromatic N) is 1. The molecule has 0 amide bonds. The minimum absolute atomic E-state index is 0.0525. The van der Waals surface area contributed by atoms with E-state index in [0.29, 0.717) is 0 Å². The summed E-state index contributed by atoms with van der Waals surface area (Å²) in [5, 5.41) is -2.76. The van der Waals surface area contributed by atoms with Gasteiger partial charge in [-0.05, 0) is 0 Å². The van der Waals surface area contributed by atoms with Crippen molar-refractivity contribution in [3.63, 3.8) is 0 Å². The van der Waals surface area contributed by atoms with E-state index in [2.05, 4.69) is 0 Å². The Morgan fingerprint density at radius 1 is 1.25 bits per heavy atom. The summed E-state index contributed by atoms with van der Waals surface area (Å²) in [4.78, 5) is 0. The SMILES string of the molecule is C[N+](C)(C)[B-](F)(Cl)Cl. The van der Waals surface area contributed by atoms with Gasteiger partial charge in [-0.15, -0.1) is 0 Å². The molecule has 8 heavy (non-hydrogen) atoms. The average Bonchev–Trinajstić information content (AvgIpc) is 1.25. The Balaban J connectivity index is 4.02. The van der Waals surface area contributed by atoms with E-state index in [-0.39, 0.29) is 4.39 Å². The van der Waals surface area contributed by atoms with Crippen molar-refractivity contribution in [3.05, 3.63) is 0 Å².